The Morgan fingerprint density at radius 1 is 1.35 bits per heavy atom. The second-order valence-corrected chi connectivity index (χ2v) is 6.16. The maximum absolute atomic E-state index is 12.8. The number of sulfonamides is 1. The first-order valence-electron chi connectivity index (χ1n) is 5.83. The third-order valence-corrected chi connectivity index (χ3v) is 5.18. The molecule has 0 N–H and O–H groups in total. The zero-order valence-corrected chi connectivity index (χ0v) is 10.6. The summed E-state index contributed by atoms with van der Waals surface area (Å²) in [6.07, 6.45) is 2.64. The fourth-order valence-electron chi connectivity index (χ4n) is 2.28. The lowest BCUT2D eigenvalue weighted by molar-refractivity contribution is 0.379. The monoisotopic (exact) mass is 257 g/mol. The molecule has 0 aromatic heterocycles. The molecule has 0 aliphatic carbocycles. The van der Waals surface area contributed by atoms with E-state index in [4.69, 9.17) is 0 Å². The van der Waals surface area contributed by atoms with Gasteiger partial charge in [0.1, 0.15) is 5.82 Å². The normalized spacial score (nSPS) is 21.9. The molecule has 94 valence electrons. The van der Waals surface area contributed by atoms with E-state index in [9.17, 15) is 12.8 Å². The van der Waals surface area contributed by atoms with Crippen molar-refractivity contribution in [1.82, 2.24) is 4.31 Å². The fraction of sp³-hybridized carbons (Fsp3) is 0.500. The van der Waals surface area contributed by atoms with Crippen LogP contribution in [0.4, 0.5) is 4.39 Å². The van der Waals surface area contributed by atoms with Crippen molar-refractivity contribution >= 4 is 10.0 Å². The van der Waals surface area contributed by atoms with Gasteiger partial charge in [-0.25, -0.2) is 12.8 Å². The zero-order chi connectivity index (χ0) is 12.5. The number of halogens is 1. The van der Waals surface area contributed by atoms with E-state index < -0.39 is 15.8 Å². The van der Waals surface area contributed by atoms with Gasteiger partial charge in [-0.05, 0) is 43.5 Å². The van der Waals surface area contributed by atoms with E-state index in [0.717, 1.165) is 19.3 Å². The van der Waals surface area contributed by atoms with Crippen molar-refractivity contribution < 1.29 is 12.8 Å². The third-order valence-electron chi connectivity index (χ3n) is 3.21. The minimum Gasteiger partial charge on any atom is -0.207 e. The van der Waals surface area contributed by atoms with Crippen LogP contribution in [0.1, 0.15) is 26.2 Å². The summed E-state index contributed by atoms with van der Waals surface area (Å²) in [5.74, 6) is -0.419. The number of hydrogen-bond donors (Lipinski definition) is 0. The average Bonchev–Trinajstić information content (AvgIpc) is 2.78. The number of benzene rings is 1. The first kappa shape index (κ1) is 12.5. The Balaban J connectivity index is 2.33. The van der Waals surface area contributed by atoms with Crippen LogP contribution in [0.25, 0.3) is 0 Å². The van der Waals surface area contributed by atoms with Crippen molar-refractivity contribution in [2.24, 2.45) is 0 Å². The highest BCUT2D eigenvalue weighted by molar-refractivity contribution is 7.89. The largest absolute Gasteiger partial charge is 0.243 e. The predicted octanol–water partition coefficient (Wildman–Crippen LogP) is 2.39. The zero-order valence-electron chi connectivity index (χ0n) is 9.77. The van der Waals surface area contributed by atoms with E-state index in [1.807, 2.05) is 6.92 Å². The highest BCUT2D eigenvalue weighted by Gasteiger charge is 2.33. The van der Waals surface area contributed by atoms with Gasteiger partial charge in [-0.3, -0.25) is 0 Å². The van der Waals surface area contributed by atoms with E-state index in [1.54, 1.807) is 4.31 Å². The van der Waals surface area contributed by atoms with Crippen LogP contribution in [0, 0.1) is 5.82 Å². The molecule has 1 saturated heterocycles. The van der Waals surface area contributed by atoms with Crippen molar-refractivity contribution in [1.29, 1.82) is 0 Å². The molecule has 1 fully saturated rings. The first-order valence-corrected chi connectivity index (χ1v) is 7.27. The minimum absolute atomic E-state index is 0.0880. The lowest BCUT2D eigenvalue weighted by atomic mass is 10.2. The molecule has 0 spiro atoms. The first-order chi connectivity index (χ1) is 8.05. The van der Waals surface area contributed by atoms with E-state index in [-0.39, 0.29) is 10.9 Å². The Hall–Kier alpha value is -0.940. The Bertz CT molecular complexity index is 484. The summed E-state index contributed by atoms with van der Waals surface area (Å²) in [5, 5.41) is 0. The molecule has 0 radical (unpaired) electrons. The summed E-state index contributed by atoms with van der Waals surface area (Å²) in [6.45, 7) is 2.56. The smallest absolute Gasteiger partial charge is 0.207 e. The molecule has 1 unspecified atom stereocenters. The molecule has 1 aliphatic rings. The quantitative estimate of drug-likeness (QED) is 0.833. The topological polar surface area (TPSA) is 37.4 Å². The van der Waals surface area contributed by atoms with Crippen LogP contribution < -0.4 is 0 Å². The van der Waals surface area contributed by atoms with Gasteiger partial charge in [-0.2, -0.15) is 4.31 Å². The van der Waals surface area contributed by atoms with Crippen molar-refractivity contribution in [3.8, 4) is 0 Å². The molecule has 0 saturated carbocycles. The molecule has 0 bridgehead atoms. The summed E-state index contributed by atoms with van der Waals surface area (Å²) in [6, 6.07) is 5.12. The Morgan fingerprint density at radius 3 is 2.59 bits per heavy atom. The summed E-state index contributed by atoms with van der Waals surface area (Å²) in [4.78, 5) is 0.180. The molecule has 3 nitrogen and oxygen atoms in total. The average molecular weight is 257 g/mol. The molecule has 0 amide bonds. The van der Waals surface area contributed by atoms with E-state index in [1.165, 1.54) is 24.3 Å². The van der Waals surface area contributed by atoms with Crippen LogP contribution in [0.3, 0.4) is 0 Å². The molecular formula is C12H16FNO2S. The highest BCUT2D eigenvalue weighted by Crippen LogP contribution is 2.27. The van der Waals surface area contributed by atoms with Crippen LogP contribution in [-0.2, 0) is 10.0 Å². The van der Waals surface area contributed by atoms with Crippen LogP contribution in [0.2, 0.25) is 0 Å². The standard InChI is InChI=1S/C12H16FNO2S/c1-2-11-4-3-9-14(11)17(15,16)12-7-5-10(13)6-8-12/h5-8,11H,2-4,9H2,1H3. The van der Waals surface area contributed by atoms with Gasteiger partial charge in [0.25, 0.3) is 0 Å². The van der Waals surface area contributed by atoms with Gasteiger partial charge in [-0.1, -0.05) is 6.92 Å². The molecule has 1 aromatic rings. The highest BCUT2D eigenvalue weighted by atomic mass is 32.2. The lowest BCUT2D eigenvalue weighted by Crippen LogP contribution is -2.35. The van der Waals surface area contributed by atoms with E-state index in [0.29, 0.717) is 6.54 Å². The summed E-state index contributed by atoms with van der Waals surface area (Å²) in [7, 11) is -3.45. The summed E-state index contributed by atoms with van der Waals surface area (Å²) < 4.78 is 39.0. The van der Waals surface area contributed by atoms with Crippen molar-refractivity contribution in [3.63, 3.8) is 0 Å². The van der Waals surface area contributed by atoms with Crippen LogP contribution >= 0.6 is 0 Å². The van der Waals surface area contributed by atoms with Crippen molar-refractivity contribution in [2.75, 3.05) is 6.54 Å². The summed E-state index contributed by atoms with van der Waals surface area (Å²) >= 11 is 0. The molecule has 2 rings (SSSR count). The van der Waals surface area contributed by atoms with E-state index >= 15 is 0 Å². The fourth-order valence-corrected chi connectivity index (χ4v) is 4.04. The predicted molar refractivity (Wildman–Crippen MR) is 63.6 cm³/mol. The second kappa shape index (κ2) is 4.74. The molecule has 5 heteroatoms. The molecule has 17 heavy (non-hydrogen) atoms. The molecule has 1 aliphatic heterocycles. The molecule has 1 atom stereocenters. The minimum atomic E-state index is -3.45. The van der Waals surface area contributed by atoms with Crippen LogP contribution in [0.5, 0.6) is 0 Å². The van der Waals surface area contributed by atoms with Crippen molar-refractivity contribution in [3.05, 3.63) is 30.1 Å². The van der Waals surface area contributed by atoms with E-state index in [2.05, 4.69) is 0 Å². The number of hydrogen-bond acceptors (Lipinski definition) is 2. The Morgan fingerprint density at radius 2 is 2.00 bits per heavy atom. The van der Waals surface area contributed by atoms with Crippen molar-refractivity contribution in [2.45, 2.75) is 37.1 Å². The van der Waals surface area contributed by atoms with Crippen LogP contribution in [-0.4, -0.2) is 25.3 Å². The molecule has 1 aromatic carbocycles. The Kier molecular flexibility index (Phi) is 3.49. The number of rotatable bonds is 3. The summed E-state index contributed by atoms with van der Waals surface area (Å²) in [5.41, 5.74) is 0. The van der Waals surface area contributed by atoms with Gasteiger partial charge < -0.3 is 0 Å². The maximum atomic E-state index is 12.8. The van der Waals surface area contributed by atoms with Gasteiger partial charge in [0.05, 0.1) is 4.90 Å². The SMILES string of the molecule is CCC1CCCN1S(=O)(=O)c1ccc(F)cc1. The number of nitrogens with zero attached hydrogens (tertiary/aromatic N) is 1. The van der Waals surface area contributed by atoms with Gasteiger partial charge in [0, 0.05) is 12.6 Å². The van der Waals surface area contributed by atoms with Gasteiger partial charge in [-0.15, -0.1) is 0 Å². The van der Waals surface area contributed by atoms with Crippen LogP contribution in [0.15, 0.2) is 29.2 Å². The molecular weight excluding hydrogens is 241 g/mol. The third kappa shape index (κ3) is 2.35. The second-order valence-electron chi connectivity index (χ2n) is 4.27. The molecule has 1 heterocycles. The Labute approximate surface area is 101 Å². The lowest BCUT2D eigenvalue weighted by Gasteiger charge is -2.22. The maximum Gasteiger partial charge on any atom is 0.243 e. The van der Waals surface area contributed by atoms with Gasteiger partial charge in [0.2, 0.25) is 10.0 Å². The van der Waals surface area contributed by atoms with Gasteiger partial charge >= 0.3 is 0 Å². The van der Waals surface area contributed by atoms with Gasteiger partial charge in [0.15, 0.2) is 0 Å².